The molecule has 2 aliphatic rings. The molecule has 2 aliphatic heterocycles. The molecule has 1 atom stereocenters. The van der Waals surface area contributed by atoms with Gasteiger partial charge in [0, 0.05) is 37.4 Å². The van der Waals surface area contributed by atoms with Crippen LogP contribution in [-0.2, 0) is 9.59 Å². The van der Waals surface area contributed by atoms with Crippen LogP contribution in [0.25, 0.3) is 0 Å². The molecule has 0 aliphatic carbocycles. The highest BCUT2D eigenvalue weighted by Gasteiger charge is 2.43. The SMILES string of the molecule is CC(=O)c1ccc(N2CCN([C@H]3CC(=O)N(c4cc(C)ccc4C)C3=O)CC2)cc1. The number of piperazine rings is 1. The van der Waals surface area contributed by atoms with Crippen LogP contribution in [-0.4, -0.2) is 54.7 Å². The lowest BCUT2D eigenvalue weighted by Crippen LogP contribution is -2.52. The Morgan fingerprint density at radius 1 is 0.933 bits per heavy atom. The van der Waals surface area contributed by atoms with E-state index in [0.29, 0.717) is 11.3 Å². The van der Waals surface area contributed by atoms with Crippen LogP contribution in [0.15, 0.2) is 42.5 Å². The molecule has 2 aromatic rings. The maximum atomic E-state index is 13.1. The molecule has 0 radical (unpaired) electrons. The summed E-state index contributed by atoms with van der Waals surface area (Å²) in [5.74, 6) is -0.182. The summed E-state index contributed by atoms with van der Waals surface area (Å²) in [6.45, 7) is 8.46. The van der Waals surface area contributed by atoms with E-state index in [2.05, 4.69) is 9.80 Å². The highest BCUT2D eigenvalue weighted by atomic mass is 16.2. The van der Waals surface area contributed by atoms with Gasteiger partial charge >= 0.3 is 0 Å². The second-order valence-electron chi connectivity index (χ2n) is 8.20. The standard InChI is InChI=1S/C24H27N3O3/c1-16-4-5-17(2)21(14-16)27-23(29)15-22(24(27)30)26-12-10-25(11-13-26)20-8-6-19(7-9-20)18(3)28/h4-9,14,22H,10-13,15H2,1-3H3/t22-/m0/s1. The Kier molecular flexibility index (Phi) is 5.43. The second kappa shape index (κ2) is 8.03. The molecule has 30 heavy (non-hydrogen) atoms. The largest absolute Gasteiger partial charge is 0.369 e. The molecule has 0 spiro atoms. The molecular weight excluding hydrogens is 378 g/mol. The van der Waals surface area contributed by atoms with Crippen molar-refractivity contribution in [3.05, 3.63) is 59.2 Å². The first kappa shape index (κ1) is 20.3. The predicted octanol–water partition coefficient (Wildman–Crippen LogP) is 2.96. The Bertz CT molecular complexity index is 991. The van der Waals surface area contributed by atoms with Crippen molar-refractivity contribution in [2.75, 3.05) is 36.0 Å². The number of hydrogen-bond donors (Lipinski definition) is 0. The molecule has 0 bridgehead atoms. The molecule has 2 aromatic carbocycles. The molecule has 0 aromatic heterocycles. The van der Waals surface area contributed by atoms with Crippen molar-refractivity contribution in [1.82, 2.24) is 4.90 Å². The Morgan fingerprint density at radius 3 is 2.23 bits per heavy atom. The van der Waals surface area contributed by atoms with Gasteiger partial charge in [-0.2, -0.15) is 0 Å². The fourth-order valence-electron chi connectivity index (χ4n) is 4.31. The zero-order chi connectivity index (χ0) is 21.4. The first-order valence-electron chi connectivity index (χ1n) is 10.4. The highest BCUT2D eigenvalue weighted by Crippen LogP contribution is 2.30. The highest BCUT2D eigenvalue weighted by molar-refractivity contribution is 6.22. The lowest BCUT2D eigenvalue weighted by molar-refractivity contribution is -0.123. The third kappa shape index (κ3) is 3.75. The minimum Gasteiger partial charge on any atom is -0.369 e. The van der Waals surface area contributed by atoms with E-state index in [1.54, 1.807) is 6.92 Å². The van der Waals surface area contributed by atoms with E-state index in [1.807, 2.05) is 56.3 Å². The topological polar surface area (TPSA) is 60.9 Å². The molecule has 2 saturated heterocycles. The van der Waals surface area contributed by atoms with Crippen LogP contribution in [0.3, 0.4) is 0 Å². The number of benzene rings is 2. The Morgan fingerprint density at radius 2 is 1.60 bits per heavy atom. The van der Waals surface area contributed by atoms with Gasteiger partial charge in [0.2, 0.25) is 5.91 Å². The minimum atomic E-state index is -0.389. The van der Waals surface area contributed by atoms with Crippen molar-refractivity contribution in [3.8, 4) is 0 Å². The zero-order valence-electron chi connectivity index (χ0n) is 17.7. The third-order valence-corrected chi connectivity index (χ3v) is 6.12. The number of amides is 2. The van der Waals surface area contributed by atoms with Gasteiger partial charge in [0.15, 0.2) is 5.78 Å². The summed E-state index contributed by atoms with van der Waals surface area (Å²) in [6.07, 6.45) is 0.236. The maximum absolute atomic E-state index is 13.1. The van der Waals surface area contributed by atoms with E-state index >= 15 is 0 Å². The van der Waals surface area contributed by atoms with Gasteiger partial charge < -0.3 is 4.90 Å². The molecule has 2 heterocycles. The maximum Gasteiger partial charge on any atom is 0.251 e. The van der Waals surface area contributed by atoms with E-state index in [-0.39, 0.29) is 30.1 Å². The Labute approximate surface area is 177 Å². The van der Waals surface area contributed by atoms with Crippen LogP contribution in [0.1, 0.15) is 34.8 Å². The smallest absolute Gasteiger partial charge is 0.251 e. The van der Waals surface area contributed by atoms with Crippen molar-refractivity contribution in [1.29, 1.82) is 0 Å². The van der Waals surface area contributed by atoms with Crippen molar-refractivity contribution in [2.24, 2.45) is 0 Å². The number of nitrogens with zero attached hydrogens (tertiary/aromatic N) is 3. The number of carbonyl (C=O) groups is 3. The minimum absolute atomic E-state index is 0.0594. The van der Waals surface area contributed by atoms with Gasteiger partial charge in [0.05, 0.1) is 18.2 Å². The molecule has 0 unspecified atom stereocenters. The van der Waals surface area contributed by atoms with E-state index in [4.69, 9.17) is 0 Å². The molecule has 6 nitrogen and oxygen atoms in total. The van der Waals surface area contributed by atoms with Gasteiger partial charge in [0.25, 0.3) is 5.91 Å². The quantitative estimate of drug-likeness (QED) is 0.578. The molecule has 4 rings (SSSR count). The monoisotopic (exact) mass is 405 g/mol. The summed E-state index contributed by atoms with van der Waals surface area (Å²) >= 11 is 0. The molecule has 2 fully saturated rings. The molecule has 6 heteroatoms. The van der Waals surface area contributed by atoms with Crippen LogP contribution in [0.2, 0.25) is 0 Å². The number of rotatable bonds is 4. The van der Waals surface area contributed by atoms with Crippen molar-refractivity contribution >= 4 is 29.0 Å². The van der Waals surface area contributed by atoms with E-state index in [0.717, 1.165) is 43.0 Å². The number of imide groups is 1. The van der Waals surface area contributed by atoms with E-state index in [1.165, 1.54) is 4.90 Å². The zero-order valence-corrected chi connectivity index (χ0v) is 17.7. The van der Waals surface area contributed by atoms with Gasteiger partial charge in [-0.1, -0.05) is 12.1 Å². The van der Waals surface area contributed by atoms with Gasteiger partial charge in [0.1, 0.15) is 0 Å². The summed E-state index contributed by atoms with van der Waals surface area (Å²) in [5.41, 5.74) is 4.45. The predicted molar refractivity (Wildman–Crippen MR) is 117 cm³/mol. The average molecular weight is 405 g/mol. The van der Waals surface area contributed by atoms with Crippen LogP contribution < -0.4 is 9.80 Å². The fraction of sp³-hybridized carbons (Fsp3) is 0.375. The van der Waals surface area contributed by atoms with Gasteiger partial charge in [-0.05, 0) is 62.2 Å². The second-order valence-corrected chi connectivity index (χ2v) is 8.20. The van der Waals surface area contributed by atoms with E-state index in [9.17, 15) is 14.4 Å². The summed E-state index contributed by atoms with van der Waals surface area (Å²) in [5, 5.41) is 0. The number of aryl methyl sites for hydroxylation is 2. The number of hydrogen-bond acceptors (Lipinski definition) is 5. The van der Waals surface area contributed by atoms with Gasteiger partial charge in [-0.3, -0.25) is 19.3 Å². The van der Waals surface area contributed by atoms with Crippen molar-refractivity contribution < 1.29 is 14.4 Å². The Hall–Kier alpha value is -2.99. The molecular formula is C24H27N3O3. The molecule has 0 saturated carbocycles. The van der Waals surface area contributed by atoms with Gasteiger partial charge in [-0.15, -0.1) is 0 Å². The van der Waals surface area contributed by atoms with Crippen LogP contribution >= 0.6 is 0 Å². The van der Waals surface area contributed by atoms with Crippen molar-refractivity contribution in [3.63, 3.8) is 0 Å². The summed E-state index contributed by atoms with van der Waals surface area (Å²) < 4.78 is 0. The molecule has 0 N–H and O–H groups in total. The van der Waals surface area contributed by atoms with Crippen LogP contribution in [0, 0.1) is 13.8 Å². The lowest BCUT2D eigenvalue weighted by atomic mass is 10.1. The first-order chi connectivity index (χ1) is 14.3. The summed E-state index contributed by atoms with van der Waals surface area (Å²) in [6, 6.07) is 13.1. The molecule has 156 valence electrons. The van der Waals surface area contributed by atoms with E-state index < -0.39 is 0 Å². The average Bonchev–Trinajstić information content (AvgIpc) is 3.04. The fourth-order valence-corrected chi connectivity index (χ4v) is 4.31. The first-order valence-corrected chi connectivity index (χ1v) is 10.4. The number of anilines is 2. The van der Waals surface area contributed by atoms with Crippen molar-refractivity contribution in [2.45, 2.75) is 33.2 Å². The van der Waals surface area contributed by atoms with Crippen LogP contribution in [0.5, 0.6) is 0 Å². The lowest BCUT2D eigenvalue weighted by Gasteiger charge is -2.38. The van der Waals surface area contributed by atoms with Gasteiger partial charge in [-0.25, -0.2) is 4.90 Å². The summed E-state index contributed by atoms with van der Waals surface area (Å²) in [4.78, 5) is 43.1. The van der Waals surface area contributed by atoms with Crippen LogP contribution in [0.4, 0.5) is 11.4 Å². The summed E-state index contributed by atoms with van der Waals surface area (Å²) in [7, 11) is 0. The normalized spacial score (nSPS) is 20.2. The number of carbonyl (C=O) groups excluding carboxylic acids is 3. The number of Topliss-reactive ketones (excluding diaryl/α,β-unsaturated/α-hetero) is 1. The Balaban J connectivity index is 1.44. The third-order valence-electron chi connectivity index (χ3n) is 6.12. The molecule has 2 amide bonds. The number of ketones is 1.